The van der Waals surface area contributed by atoms with Crippen LogP contribution in [0.5, 0.6) is 0 Å². The fourth-order valence-electron chi connectivity index (χ4n) is 12.3. The molecular weight excluding hydrogens is 1010 g/mol. The number of nitriles is 1. The third-order valence-electron chi connectivity index (χ3n) is 15.9. The summed E-state index contributed by atoms with van der Waals surface area (Å²) in [7, 11) is 0. The van der Waals surface area contributed by atoms with Crippen LogP contribution in [0, 0.1) is 66.7 Å². The van der Waals surface area contributed by atoms with Crippen molar-refractivity contribution in [1.82, 2.24) is 9.13 Å². The second-order valence-corrected chi connectivity index (χ2v) is 21.6. The molecule has 12 rings (SSSR count). The van der Waals surface area contributed by atoms with Crippen molar-refractivity contribution in [3.63, 3.8) is 0 Å². The van der Waals surface area contributed by atoms with Crippen LogP contribution in [0.1, 0.15) is 61.2 Å². The zero-order chi connectivity index (χ0) is 56.3. The molecule has 394 valence electrons. The highest BCUT2D eigenvalue weighted by Gasteiger charge is 2.40. The molecule has 80 heavy (non-hydrogen) atoms. The average molecular weight is 1060 g/mol. The van der Waals surface area contributed by atoms with Crippen molar-refractivity contribution >= 4 is 43.6 Å². The molecule has 0 radical (unpaired) electrons. The first-order valence-electron chi connectivity index (χ1n) is 26.5. The first-order valence-corrected chi connectivity index (χ1v) is 26.5. The first kappa shape index (κ1) is 51.6. The molecule has 0 spiro atoms. The number of aryl methyl sites for hydroxylation is 8. The summed E-state index contributed by atoms with van der Waals surface area (Å²) in [4.78, 5) is 0. The van der Waals surface area contributed by atoms with Gasteiger partial charge in [-0.05, 0) is 201 Å². The van der Waals surface area contributed by atoms with Crippen LogP contribution in [0.25, 0.3) is 111 Å². The number of hydrogen-bond donors (Lipinski definition) is 0. The third kappa shape index (κ3) is 8.80. The maximum atomic E-state index is 16.0. The monoisotopic (exact) mass is 1060 g/mol. The van der Waals surface area contributed by atoms with Crippen molar-refractivity contribution in [2.45, 2.75) is 67.7 Å². The molecule has 10 aromatic carbocycles. The molecule has 0 aliphatic rings. The van der Waals surface area contributed by atoms with E-state index in [1.165, 1.54) is 0 Å². The van der Waals surface area contributed by atoms with Gasteiger partial charge in [-0.25, -0.2) is 0 Å². The predicted octanol–water partition coefficient (Wildman–Crippen LogP) is 20.6. The number of rotatable bonds is 7. The number of halogens is 6. The van der Waals surface area contributed by atoms with Crippen LogP contribution >= 0.6 is 0 Å². The van der Waals surface area contributed by atoms with Crippen molar-refractivity contribution in [2.75, 3.05) is 0 Å². The first-order chi connectivity index (χ1) is 38.1. The number of fused-ring (bicyclic) bond motifs is 6. The Balaban J connectivity index is 1.24. The fourth-order valence-corrected chi connectivity index (χ4v) is 12.3. The van der Waals surface area contributed by atoms with Crippen molar-refractivity contribution in [2.24, 2.45) is 0 Å². The smallest absolute Gasteiger partial charge is 0.308 e. The highest BCUT2D eigenvalue weighted by atomic mass is 19.4. The van der Waals surface area contributed by atoms with Crippen molar-refractivity contribution < 1.29 is 26.3 Å². The van der Waals surface area contributed by atoms with Crippen LogP contribution in [-0.4, -0.2) is 9.13 Å². The van der Waals surface area contributed by atoms with E-state index in [1.54, 1.807) is 12.1 Å². The van der Waals surface area contributed by atoms with Crippen LogP contribution < -0.4 is 0 Å². The molecule has 0 saturated carbocycles. The van der Waals surface area contributed by atoms with Crippen LogP contribution in [-0.2, 0) is 12.4 Å². The van der Waals surface area contributed by atoms with Crippen molar-refractivity contribution in [1.29, 1.82) is 5.26 Å². The lowest BCUT2D eigenvalue weighted by Gasteiger charge is -2.24. The van der Waals surface area contributed by atoms with E-state index in [2.05, 4.69) is 131 Å². The maximum absolute atomic E-state index is 16.0. The van der Waals surface area contributed by atoms with E-state index in [0.717, 1.165) is 117 Å². The Labute approximate surface area is 460 Å². The Hall–Kier alpha value is -9.13. The summed E-state index contributed by atoms with van der Waals surface area (Å²) >= 11 is 0. The van der Waals surface area contributed by atoms with Gasteiger partial charge in [0.1, 0.15) is 0 Å². The normalized spacial score (nSPS) is 12.1. The minimum atomic E-state index is -5.26. The van der Waals surface area contributed by atoms with Gasteiger partial charge >= 0.3 is 12.4 Å². The molecule has 0 amide bonds. The largest absolute Gasteiger partial charge is 0.417 e. The SMILES string of the molecule is Cc1ccc(-c2ccc3c(c2)c2cc(-c4ccc(C)cc4C)ccc2n3-c2cc(C#N)cc(-n3c4ccc(-c5ccc(C)cc5C)cc4c4cc(-c5ccc(C)cc5C)ccc43)c2-c2ccc(C(F)(F)F)cc2C(F)(F)F)c(C)c1. The molecule has 9 heteroatoms. The highest BCUT2D eigenvalue weighted by molar-refractivity contribution is 6.14. The second-order valence-electron chi connectivity index (χ2n) is 21.6. The van der Waals surface area contributed by atoms with Crippen LogP contribution in [0.3, 0.4) is 0 Å². The van der Waals surface area contributed by atoms with E-state index in [0.29, 0.717) is 28.1 Å². The quantitative estimate of drug-likeness (QED) is 0.146. The maximum Gasteiger partial charge on any atom is 0.417 e. The summed E-state index contributed by atoms with van der Waals surface area (Å²) < 4.78 is 95.9. The second kappa shape index (κ2) is 19.1. The summed E-state index contributed by atoms with van der Waals surface area (Å²) in [6, 6.07) is 56.5. The van der Waals surface area contributed by atoms with E-state index in [1.807, 2.05) is 85.4 Å². The fraction of sp³-hybridized carbons (Fsp3) is 0.141. The third-order valence-corrected chi connectivity index (χ3v) is 15.9. The van der Waals surface area contributed by atoms with Gasteiger partial charge in [-0.2, -0.15) is 31.6 Å². The molecule has 0 aliphatic carbocycles. The van der Waals surface area contributed by atoms with Crippen molar-refractivity contribution in [3.05, 3.63) is 237 Å². The number of aromatic nitrogens is 2. The molecule has 3 nitrogen and oxygen atoms in total. The van der Waals surface area contributed by atoms with Gasteiger partial charge in [0, 0.05) is 27.1 Å². The zero-order valence-corrected chi connectivity index (χ0v) is 45.4. The van der Waals surface area contributed by atoms with Gasteiger partial charge in [-0.3, -0.25) is 0 Å². The van der Waals surface area contributed by atoms with Crippen LogP contribution in [0.15, 0.2) is 176 Å². The van der Waals surface area contributed by atoms with Crippen molar-refractivity contribution in [3.8, 4) is 73.1 Å². The Morgan fingerprint density at radius 2 is 0.650 bits per heavy atom. The van der Waals surface area contributed by atoms with Crippen LogP contribution in [0.4, 0.5) is 26.3 Å². The molecule has 0 fully saturated rings. The van der Waals surface area contributed by atoms with Gasteiger partial charge in [0.05, 0.1) is 56.2 Å². The zero-order valence-electron chi connectivity index (χ0n) is 45.4. The summed E-state index contributed by atoms with van der Waals surface area (Å²) in [5.41, 5.74) is 15.9. The Bertz CT molecular complexity index is 4150. The lowest BCUT2D eigenvalue weighted by Crippen LogP contribution is -2.14. The number of alkyl halides is 6. The molecule has 0 atom stereocenters. The predicted molar refractivity (Wildman–Crippen MR) is 315 cm³/mol. The van der Waals surface area contributed by atoms with E-state index >= 15 is 13.2 Å². The van der Waals surface area contributed by atoms with Gasteiger partial charge in [-0.15, -0.1) is 0 Å². The Kier molecular flexibility index (Phi) is 12.3. The average Bonchev–Trinajstić information content (AvgIpc) is 3.99. The van der Waals surface area contributed by atoms with Gasteiger partial charge in [0.2, 0.25) is 0 Å². The van der Waals surface area contributed by atoms with Gasteiger partial charge in [0.15, 0.2) is 0 Å². The summed E-state index contributed by atoms with van der Waals surface area (Å²) in [5, 5.41) is 14.3. The molecule has 2 heterocycles. The molecule has 12 aromatic rings. The number of nitrogens with zero attached hydrogens (tertiary/aromatic N) is 3. The van der Waals surface area contributed by atoms with Crippen LogP contribution in [0.2, 0.25) is 0 Å². The molecule has 2 aromatic heterocycles. The lowest BCUT2D eigenvalue weighted by molar-refractivity contribution is -0.142. The molecule has 0 unspecified atom stereocenters. The standard InChI is InChI=1S/C71H53F6N3/c1-39-9-18-53(43(5)27-39)48-13-23-63-58(33-48)59-34-49(54-19-10-40(2)28-44(54)6)14-24-64(59)79(63)67-31-47(38-78)32-68(69(67)57-22-17-52(70(72,73)74)37-62(57)71(75,76)77)80-65-25-15-50(55-20-11-41(3)29-45(55)7)35-60(65)61-36-51(16-26-66(61)80)56-21-12-42(4)30-46(56)8/h9-37H,1-8H3. The van der Waals surface area contributed by atoms with Gasteiger partial charge in [0.25, 0.3) is 0 Å². The molecular formula is C71H53F6N3. The number of benzene rings is 10. The molecule has 0 bridgehead atoms. The highest BCUT2D eigenvalue weighted by Crippen LogP contribution is 2.49. The Morgan fingerprint density at radius 1 is 0.338 bits per heavy atom. The molecule has 0 saturated heterocycles. The lowest BCUT2D eigenvalue weighted by atomic mass is 9.92. The Morgan fingerprint density at radius 3 is 0.925 bits per heavy atom. The van der Waals surface area contributed by atoms with E-state index in [9.17, 15) is 18.4 Å². The number of hydrogen-bond acceptors (Lipinski definition) is 1. The minimum Gasteiger partial charge on any atom is -0.308 e. The molecule has 0 aliphatic heterocycles. The molecule has 0 N–H and O–H groups in total. The van der Waals surface area contributed by atoms with Gasteiger partial charge in [-0.1, -0.05) is 125 Å². The minimum absolute atomic E-state index is 0.0172. The summed E-state index contributed by atoms with van der Waals surface area (Å²) in [6.07, 6.45) is -10.3. The summed E-state index contributed by atoms with van der Waals surface area (Å²) in [5.74, 6) is 0. The summed E-state index contributed by atoms with van der Waals surface area (Å²) in [6.45, 7) is 16.4. The van der Waals surface area contributed by atoms with E-state index < -0.39 is 29.0 Å². The van der Waals surface area contributed by atoms with E-state index in [4.69, 9.17) is 0 Å². The van der Waals surface area contributed by atoms with E-state index in [-0.39, 0.29) is 28.6 Å². The van der Waals surface area contributed by atoms with Gasteiger partial charge < -0.3 is 9.13 Å². The topological polar surface area (TPSA) is 33.6 Å².